The number of anilines is 1. The number of nitrogens with one attached hydrogen (secondary N) is 1. The van der Waals surface area contributed by atoms with Crippen molar-refractivity contribution in [2.24, 2.45) is 0 Å². The number of carbonyl (C=O) groups excluding carboxylic acids is 1. The highest BCUT2D eigenvalue weighted by Crippen LogP contribution is 2.24. The first-order chi connectivity index (χ1) is 12.1. The summed E-state index contributed by atoms with van der Waals surface area (Å²) in [5.41, 5.74) is 10.6. The third-order valence-electron chi connectivity index (χ3n) is 4.17. The van der Waals surface area contributed by atoms with Crippen molar-refractivity contribution in [3.8, 4) is 0 Å². The second kappa shape index (κ2) is 7.40. The van der Waals surface area contributed by atoms with E-state index in [1.54, 1.807) is 7.11 Å². The molecule has 0 saturated heterocycles. The number of methoxy groups -OCH3 is 1. The van der Waals surface area contributed by atoms with Gasteiger partial charge in [0.1, 0.15) is 5.69 Å². The lowest BCUT2D eigenvalue weighted by Crippen LogP contribution is -2.29. The van der Waals surface area contributed by atoms with E-state index in [1.165, 1.54) is 5.56 Å². The molecule has 3 N–H and O–H groups in total. The van der Waals surface area contributed by atoms with Gasteiger partial charge in [-0.1, -0.05) is 29.8 Å². The molecule has 1 heterocycles. The van der Waals surface area contributed by atoms with Crippen LogP contribution in [0.2, 0.25) is 0 Å². The van der Waals surface area contributed by atoms with Crippen LogP contribution in [0.3, 0.4) is 0 Å². The van der Waals surface area contributed by atoms with Crippen LogP contribution in [0.4, 0.5) is 5.69 Å². The van der Waals surface area contributed by atoms with E-state index in [9.17, 15) is 4.79 Å². The molecule has 0 atom stereocenters. The van der Waals surface area contributed by atoms with Crippen LogP contribution in [-0.2, 0) is 11.3 Å². The summed E-state index contributed by atoms with van der Waals surface area (Å²) in [7, 11) is 1.61. The van der Waals surface area contributed by atoms with Crippen LogP contribution in [0.5, 0.6) is 0 Å². The normalized spacial score (nSPS) is 11.0. The Bertz CT molecular complexity index is 899. The number of amides is 1. The number of aryl methyl sites for hydroxylation is 1. The van der Waals surface area contributed by atoms with Crippen LogP contribution in [0.25, 0.3) is 10.9 Å². The molecule has 0 unspecified atom stereocenters. The number of carbonyl (C=O) groups is 1. The molecule has 0 radical (unpaired) electrons. The minimum Gasteiger partial charge on any atom is -0.399 e. The molecular formula is C20H23N3O2. The van der Waals surface area contributed by atoms with Gasteiger partial charge in [0.15, 0.2) is 0 Å². The second-order valence-electron chi connectivity index (χ2n) is 6.17. The largest absolute Gasteiger partial charge is 0.399 e. The quantitative estimate of drug-likeness (QED) is 0.537. The molecule has 1 aromatic heterocycles. The Balaban J connectivity index is 2.00. The lowest BCUT2D eigenvalue weighted by atomic mass is 10.1. The molecule has 0 aliphatic heterocycles. The summed E-state index contributed by atoms with van der Waals surface area (Å²) < 4.78 is 7.04. The minimum absolute atomic E-state index is 0.112. The van der Waals surface area contributed by atoms with E-state index in [-0.39, 0.29) is 5.91 Å². The summed E-state index contributed by atoms with van der Waals surface area (Å²) in [6, 6.07) is 15.9. The molecule has 0 fully saturated rings. The fourth-order valence-corrected chi connectivity index (χ4v) is 3.00. The lowest BCUT2D eigenvalue weighted by Gasteiger charge is -2.12. The van der Waals surface area contributed by atoms with E-state index in [0.717, 1.165) is 16.5 Å². The zero-order valence-corrected chi connectivity index (χ0v) is 14.6. The van der Waals surface area contributed by atoms with Crippen LogP contribution in [0.1, 0.15) is 21.6 Å². The van der Waals surface area contributed by atoms with Crippen molar-refractivity contribution < 1.29 is 9.53 Å². The highest BCUT2D eigenvalue weighted by Gasteiger charge is 2.16. The van der Waals surface area contributed by atoms with Crippen LogP contribution in [0, 0.1) is 6.92 Å². The predicted molar refractivity (Wildman–Crippen MR) is 101 cm³/mol. The Morgan fingerprint density at radius 1 is 1.20 bits per heavy atom. The monoisotopic (exact) mass is 337 g/mol. The van der Waals surface area contributed by atoms with E-state index in [0.29, 0.717) is 31.1 Å². The van der Waals surface area contributed by atoms with Gasteiger partial charge in [0.2, 0.25) is 0 Å². The number of fused-ring (bicyclic) bond motifs is 1. The Morgan fingerprint density at radius 3 is 2.80 bits per heavy atom. The Kier molecular flexibility index (Phi) is 5.05. The van der Waals surface area contributed by atoms with Crippen molar-refractivity contribution in [3.63, 3.8) is 0 Å². The average molecular weight is 337 g/mol. The van der Waals surface area contributed by atoms with Crippen LogP contribution in [-0.4, -0.2) is 30.7 Å². The van der Waals surface area contributed by atoms with Gasteiger partial charge in [0, 0.05) is 36.8 Å². The highest BCUT2D eigenvalue weighted by molar-refractivity contribution is 5.99. The molecular weight excluding hydrogens is 314 g/mol. The van der Waals surface area contributed by atoms with Crippen LogP contribution < -0.4 is 11.1 Å². The van der Waals surface area contributed by atoms with Crippen LogP contribution in [0.15, 0.2) is 48.5 Å². The molecule has 2 aromatic carbocycles. The van der Waals surface area contributed by atoms with Crippen molar-refractivity contribution in [3.05, 3.63) is 65.4 Å². The second-order valence-corrected chi connectivity index (χ2v) is 6.17. The first-order valence-corrected chi connectivity index (χ1v) is 8.30. The zero-order chi connectivity index (χ0) is 17.8. The summed E-state index contributed by atoms with van der Waals surface area (Å²) in [5, 5.41) is 3.86. The maximum Gasteiger partial charge on any atom is 0.268 e. The zero-order valence-electron chi connectivity index (χ0n) is 14.6. The van der Waals surface area contributed by atoms with E-state index < -0.39 is 0 Å². The summed E-state index contributed by atoms with van der Waals surface area (Å²) >= 11 is 0. The van der Waals surface area contributed by atoms with E-state index in [4.69, 9.17) is 10.5 Å². The number of rotatable bonds is 6. The summed E-state index contributed by atoms with van der Waals surface area (Å²) in [6.45, 7) is 3.65. The van der Waals surface area contributed by atoms with Gasteiger partial charge < -0.3 is 20.4 Å². The Morgan fingerprint density at radius 2 is 2.04 bits per heavy atom. The molecule has 1 amide bonds. The maximum absolute atomic E-state index is 12.6. The molecule has 130 valence electrons. The van der Waals surface area contributed by atoms with Crippen molar-refractivity contribution in [2.75, 3.05) is 26.0 Å². The van der Waals surface area contributed by atoms with Gasteiger partial charge in [-0.2, -0.15) is 0 Å². The van der Waals surface area contributed by atoms with Gasteiger partial charge in [0.25, 0.3) is 5.91 Å². The highest BCUT2D eigenvalue weighted by atomic mass is 16.5. The van der Waals surface area contributed by atoms with Crippen molar-refractivity contribution in [1.82, 2.24) is 9.88 Å². The van der Waals surface area contributed by atoms with Gasteiger partial charge in [-0.05, 0) is 36.8 Å². The lowest BCUT2D eigenvalue weighted by molar-refractivity contribution is 0.0928. The fraction of sp³-hybridized carbons (Fsp3) is 0.250. The number of aromatic nitrogens is 1. The molecule has 0 spiro atoms. The molecule has 5 nitrogen and oxygen atoms in total. The van der Waals surface area contributed by atoms with E-state index in [2.05, 4.69) is 30.4 Å². The summed E-state index contributed by atoms with van der Waals surface area (Å²) in [5.74, 6) is -0.112. The SMILES string of the molecule is COCCNC(=O)c1cc2cc(N)ccc2n1Cc1cccc(C)c1. The minimum atomic E-state index is -0.112. The fourth-order valence-electron chi connectivity index (χ4n) is 3.00. The Labute approximate surface area is 147 Å². The number of nitrogens with zero attached hydrogens (tertiary/aromatic N) is 1. The van der Waals surface area contributed by atoms with Gasteiger partial charge in [0.05, 0.1) is 6.61 Å². The smallest absolute Gasteiger partial charge is 0.268 e. The molecule has 0 aliphatic carbocycles. The number of nitrogen functional groups attached to an aromatic ring is 1. The van der Waals surface area contributed by atoms with Gasteiger partial charge in [-0.15, -0.1) is 0 Å². The number of benzene rings is 2. The average Bonchev–Trinajstić information content (AvgIpc) is 2.93. The molecule has 0 aliphatic rings. The van der Waals surface area contributed by atoms with Gasteiger partial charge in [-0.25, -0.2) is 0 Å². The molecule has 5 heteroatoms. The van der Waals surface area contributed by atoms with Crippen molar-refractivity contribution >= 4 is 22.5 Å². The predicted octanol–water partition coefficient (Wildman–Crippen LogP) is 2.96. The summed E-state index contributed by atoms with van der Waals surface area (Å²) in [4.78, 5) is 12.6. The first-order valence-electron chi connectivity index (χ1n) is 8.30. The van der Waals surface area contributed by atoms with Gasteiger partial charge >= 0.3 is 0 Å². The first kappa shape index (κ1) is 17.0. The van der Waals surface area contributed by atoms with E-state index >= 15 is 0 Å². The van der Waals surface area contributed by atoms with Gasteiger partial charge in [-0.3, -0.25) is 4.79 Å². The van der Waals surface area contributed by atoms with Crippen LogP contribution >= 0.6 is 0 Å². The number of ether oxygens (including phenoxy) is 1. The standard InChI is InChI=1S/C20H23N3O2/c1-14-4-3-5-15(10-14)13-23-18-7-6-17(21)11-16(18)12-19(23)20(24)22-8-9-25-2/h3-7,10-12H,8-9,13,21H2,1-2H3,(H,22,24). The number of nitrogens with two attached hydrogens (primary N) is 1. The molecule has 3 aromatic rings. The van der Waals surface area contributed by atoms with Crippen molar-refractivity contribution in [1.29, 1.82) is 0 Å². The number of hydrogen-bond acceptors (Lipinski definition) is 3. The molecule has 3 rings (SSSR count). The van der Waals surface area contributed by atoms with Crippen molar-refractivity contribution in [2.45, 2.75) is 13.5 Å². The third-order valence-corrected chi connectivity index (χ3v) is 4.17. The molecule has 0 bridgehead atoms. The molecule has 0 saturated carbocycles. The topological polar surface area (TPSA) is 69.3 Å². The maximum atomic E-state index is 12.6. The molecule has 25 heavy (non-hydrogen) atoms. The third kappa shape index (κ3) is 3.83. The summed E-state index contributed by atoms with van der Waals surface area (Å²) in [6.07, 6.45) is 0. The Hall–Kier alpha value is -2.79. The van der Waals surface area contributed by atoms with E-state index in [1.807, 2.05) is 34.9 Å². The number of hydrogen-bond donors (Lipinski definition) is 2.